The Morgan fingerprint density at radius 3 is 1.79 bits per heavy atom. The summed E-state index contributed by atoms with van der Waals surface area (Å²) in [6.07, 6.45) is 7.02. The van der Waals surface area contributed by atoms with Crippen LogP contribution in [0, 0.1) is 6.92 Å². The molecule has 0 aliphatic carbocycles. The molecule has 0 saturated carbocycles. The van der Waals surface area contributed by atoms with Crippen molar-refractivity contribution < 1.29 is 52.7 Å². The van der Waals surface area contributed by atoms with Crippen molar-refractivity contribution in [2.45, 2.75) is 44.1 Å². The molecule has 0 N–H and O–H groups in total. The zero-order valence-electron chi connectivity index (χ0n) is 15.2. The Hall–Kier alpha value is -1.87. The van der Waals surface area contributed by atoms with E-state index < -0.39 is 31.1 Å². The van der Waals surface area contributed by atoms with Crippen molar-refractivity contribution in [3.63, 3.8) is 0 Å². The van der Waals surface area contributed by atoms with Crippen LogP contribution in [0.5, 0.6) is 0 Å². The lowest BCUT2D eigenvalue weighted by molar-refractivity contribution is -0.880. The molecule has 0 atom stereocenters. The fourth-order valence-corrected chi connectivity index (χ4v) is 3.04. The average molecular weight is 472 g/mol. The quantitative estimate of drug-likeness (QED) is 0.344. The molecule has 1 aromatic heterocycles. The zero-order chi connectivity index (χ0) is 23.1. The molecule has 1 heterocycles. The Kier molecular flexibility index (Phi) is 9.59. The number of alkyl halides is 6. The second-order valence-corrected chi connectivity index (χ2v) is 8.81. The first-order valence-corrected chi connectivity index (χ1v) is 10.5. The van der Waals surface area contributed by atoms with Gasteiger partial charge in [0, 0.05) is 23.3 Å². The lowest BCUT2D eigenvalue weighted by atomic mass is 10.2. The van der Waals surface area contributed by atoms with Gasteiger partial charge in [-0.05, 0) is 18.9 Å². The Labute approximate surface area is 164 Å². The molecule has 0 spiro atoms. The Balaban J connectivity index is 0.000000541. The van der Waals surface area contributed by atoms with E-state index in [-0.39, 0.29) is 0 Å². The highest BCUT2D eigenvalue weighted by Gasteiger charge is 2.46. The summed E-state index contributed by atoms with van der Waals surface area (Å²) in [4.78, 5) is 5.49. The molecular weight excluding hydrogens is 454 g/mol. The number of unbranched alkanes of at least 4 members (excludes halogenated alkanes) is 1. The molecule has 168 valence electrons. The van der Waals surface area contributed by atoms with Crippen LogP contribution in [0.15, 0.2) is 36.9 Å². The molecule has 0 aliphatic heterocycles. The minimum atomic E-state index is -6.72. The van der Waals surface area contributed by atoms with Gasteiger partial charge in [0.1, 0.15) is 0 Å². The second kappa shape index (κ2) is 10.2. The van der Waals surface area contributed by atoms with Gasteiger partial charge in [0.25, 0.3) is 0 Å². The number of allylic oxidation sites excluding steroid dienone is 1. The third-order valence-corrected chi connectivity index (χ3v) is 5.53. The molecule has 15 heteroatoms. The number of aromatic nitrogens is 1. The first-order valence-electron chi connectivity index (χ1n) is 7.64. The van der Waals surface area contributed by atoms with Crippen molar-refractivity contribution in [1.29, 1.82) is 0 Å². The molecule has 0 radical (unpaired) electrons. The molecule has 0 bridgehead atoms. The minimum absolute atomic E-state index is 0.778. The van der Waals surface area contributed by atoms with Gasteiger partial charge in [0.2, 0.25) is 12.4 Å². The fraction of sp³-hybridized carbons (Fsp3) is 0.500. The third-order valence-electron chi connectivity index (χ3n) is 2.79. The number of halogens is 6. The lowest BCUT2D eigenvalue weighted by Crippen LogP contribution is -2.41. The summed E-state index contributed by atoms with van der Waals surface area (Å²) >= 11 is 0. The number of pyridine rings is 1. The van der Waals surface area contributed by atoms with Gasteiger partial charge in [-0.2, -0.15) is 26.3 Å². The smallest absolute Gasteiger partial charge is 0.421 e. The Morgan fingerprint density at radius 2 is 1.45 bits per heavy atom. The van der Waals surface area contributed by atoms with Gasteiger partial charge in [0.05, 0.1) is 0 Å². The summed E-state index contributed by atoms with van der Waals surface area (Å²) in [6.45, 7) is 8.08. The number of nitrogens with zero attached hydrogens (tertiary/aromatic N) is 2. The van der Waals surface area contributed by atoms with Crippen LogP contribution < -0.4 is 9.57 Å². The molecule has 29 heavy (non-hydrogen) atoms. The van der Waals surface area contributed by atoms with Crippen molar-refractivity contribution >= 4 is 20.0 Å². The van der Waals surface area contributed by atoms with Crippen LogP contribution in [-0.4, -0.2) is 27.9 Å². The van der Waals surface area contributed by atoms with E-state index in [0.717, 1.165) is 22.7 Å². The summed E-state index contributed by atoms with van der Waals surface area (Å²) in [7, 11) is -13.4. The largest absolute Gasteiger partial charge is 0.480 e. The lowest BCUT2D eigenvalue weighted by Gasteiger charge is -2.22. The van der Waals surface area contributed by atoms with Crippen molar-refractivity contribution in [3.8, 4) is 0 Å². The maximum absolute atomic E-state index is 11.4. The third kappa shape index (κ3) is 9.45. The van der Waals surface area contributed by atoms with Crippen molar-refractivity contribution in [1.82, 2.24) is 0 Å². The Morgan fingerprint density at radius 1 is 1.03 bits per heavy atom. The van der Waals surface area contributed by atoms with Gasteiger partial charge in [-0.25, -0.2) is 21.7 Å². The van der Waals surface area contributed by atoms with Crippen molar-refractivity contribution in [2.24, 2.45) is 0 Å². The molecule has 0 aromatic carbocycles. The van der Waals surface area contributed by atoms with Crippen LogP contribution in [-0.2, 0) is 20.0 Å². The van der Waals surface area contributed by atoms with E-state index in [1.165, 1.54) is 12.0 Å². The summed E-state index contributed by atoms with van der Waals surface area (Å²) < 4.78 is 111. The summed E-state index contributed by atoms with van der Waals surface area (Å²) in [5.74, 6) is 0.820. The molecule has 0 unspecified atom stereocenters. The summed E-state index contributed by atoms with van der Waals surface area (Å²) in [5, 5.41) is 0. The molecule has 1 aromatic rings. The number of aryl methyl sites for hydroxylation is 1. The van der Waals surface area contributed by atoms with E-state index in [2.05, 4.69) is 20.4 Å². The molecule has 0 aliphatic rings. The number of hydrogen-bond acceptors (Lipinski definition) is 5. The van der Waals surface area contributed by atoms with Crippen LogP contribution in [0.3, 0.4) is 0 Å². The van der Waals surface area contributed by atoms with Crippen LogP contribution in [0.1, 0.15) is 31.7 Å². The minimum Gasteiger partial charge on any atom is -0.421 e. The maximum atomic E-state index is 11.4. The molecular formula is C14H18F6N2O5S2. The van der Waals surface area contributed by atoms with Gasteiger partial charge >= 0.3 is 11.0 Å². The first kappa shape index (κ1) is 27.1. The highest BCUT2D eigenvalue weighted by molar-refractivity contribution is 8.13. The van der Waals surface area contributed by atoms with Crippen LogP contribution in [0.2, 0.25) is 0 Å². The number of hydrogen-bond donors (Lipinski definition) is 0. The molecule has 0 saturated heterocycles. The average Bonchev–Trinajstić information content (AvgIpc) is 2.52. The van der Waals surface area contributed by atoms with E-state index in [9.17, 15) is 43.2 Å². The van der Waals surface area contributed by atoms with Gasteiger partial charge in [-0.1, -0.05) is 19.9 Å². The predicted octanol–water partition coefficient (Wildman–Crippen LogP) is 3.47. The van der Waals surface area contributed by atoms with Crippen molar-refractivity contribution in [3.05, 3.63) is 46.6 Å². The normalized spacial score (nSPS) is 12.7. The van der Waals surface area contributed by atoms with Crippen LogP contribution in [0.4, 0.5) is 26.3 Å². The number of rotatable bonds is 7. The highest BCUT2D eigenvalue weighted by Crippen LogP contribution is 2.36. The zero-order valence-corrected chi connectivity index (χ0v) is 16.8. The molecule has 0 amide bonds. The van der Waals surface area contributed by atoms with E-state index in [0.29, 0.717) is 0 Å². The van der Waals surface area contributed by atoms with E-state index in [1.807, 2.05) is 24.5 Å². The monoisotopic (exact) mass is 472 g/mol. The van der Waals surface area contributed by atoms with E-state index >= 15 is 0 Å². The second-order valence-electron chi connectivity index (χ2n) is 5.39. The SMILES string of the molecule is C=C(CCCC)O[n+]1ccc(C)cc1.O=S(=O)([N-]S(=O)(=O)C(F)(F)F)C(F)(F)F. The first-order chi connectivity index (χ1) is 12.9. The molecule has 0 fully saturated rings. The number of sulfonamides is 2. The summed E-state index contributed by atoms with van der Waals surface area (Å²) in [5.41, 5.74) is -11.2. The molecule has 7 nitrogen and oxygen atoms in total. The van der Waals surface area contributed by atoms with E-state index in [1.54, 1.807) is 4.73 Å². The predicted molar refractivity (Wildman–Crippen MR) is 89.9 cm³/mol. The van der Waals surface area contributed by atoms with Gasteiger partial charge in [-0.3, -0.25) is 0 Å². The van der Waals surface area contributed by atoms with Crippen molar-refractivity contribution in [2.75, 3.05) is 0 Å². The topological polar surface area (TPSA) is 95.5 Å². The van der Waals surface area contributed by atoms with Gasteiger partial charge in [0.15, 0.2) is 25.8 Å². The van der Waals surface area contributed by atoms with Crippen LogP contribution in [0.25, 0.3) is 4.13 Å². The molecule has 1 rings (SSSR count). The standard InChI is InChI=1S/C12H18NO.C2F6NO4S2/c1-4-5-6-12(3)14-13-9-7-11(2)8-10-13;3-1(4,5)14(10,11)9-15(12,13)2(6,7)8/h7-10H,3-6H2,1-2H3;/q+1;-1. The van der Waals surface area contributed by atoms with Crippen LogP contribution >= 0.6 is 0 Å². The summed E-state index contributed by atoms with van der Waals surface area (Å²) in [6, 6.07) is 4.01. The maximum Gasteiger partial charge on any atom is 0.480 e. The Bertz CT molecular complexity index is 837. The fourth-order valence-electron chi connectivity index (χ4n) is 1.33. The van der Waals surface area contributed by atoms with Gasteiger partial charge < -0.3 is 4.13 Å². The van der Waals surface area contributed by atoms with Gasteiger partial charge in [-0.15, -0.1) is 0 Å². The van der Waals surface area contributed by atoms with E-state index in [4.69, 9.17) is 4.84 Å². The highest BCUT2D eigenvalue weighted by atomic mass is 32.3.